The van der Waals surface area contributed by atoms with Crippen LogP contribution in [0.5, 0.6) is 0 Å². The fraction of sp³-hybridized carbons (Fsp3) is 0.516. The molecule has 3 saturated heterocycles. The molecule has 4 fully saturated rings. The van der Waals surface area contributed by atoms with Crippen LogP contribution in [0.2, 0.25) is 0 Å². The van der Waals surface area contributed by atoms with Gasteiger partial charge in [-0.1, -0.05) is 79.9 Å². The zero-order chi connectivity index (χ0) is 27.0. The van der Waals surface area contributed by atoms with Gasteiger partial charge in [0.1, 0.15) is 6.04 Å². The molecule has 6 rings (SSSR count). The molecule has 0 radical (unpaired) electrons. The smallest absolute Gasteiger partial charge is 0.244 e. The number of aliphatic hydroxyl groups excluding tert-OH is 1. The minimum atomic E-state index is -0.726. The first-order valence-electron chi connectivity index (χ1n) is 14.3. The molecule has 3 heterocycles. The molecule has 3 aliphatic heterocycles. The number of nitrogens with one attached hydrogen (secondary N) is 2. The van der Waals surface area contributed by atoms with E-state index in [1.165, 1.54) is 6.42 Å². The lowest BCUT2D eigenvalue weighted by molar-refractivity contribution is -0.143. The second-order valence-electron chi connectivity index (χ2n) is 11.5. The molecule has 206 valence electrons. The van der Waals surface area contributed by atoms with Gasteiger partial charge in [0, 0.05) is 17.8 Å². The number of aliphatic hydroxyl groups is 1. The number of thioether (sulfide) groups is 1. The van der Waals surface area contributed by atoms with E-state index in [-0.39, 0.29) is 35.6 Å². The van der Waals surface area contributed by atoms with Crippen molar-refractivity contribution in [2.45, 2.75) is 79.6 Å². The van der Waals surface area contributed by atoms with Gasteiger partial charge in [-0.3, -0.25) is 14.4 Å². The van der Waals surface area contributed by atoms with Crippen molar-refractivity contribution in [2.75, 3.05) is 6.61 Å². The minimum absolute atomic E-state index is 0.00570. The van der Waals surface area contributed by atoms with Gasteiger partial charge < -0.3 is 20.6 Å². The quantitative estimate of drug-likeness (QED) is 0.469. The minimum Gasteiger partial charge on any atom is -0.394 e. The average molecular weight is 548 g/mol. The molecule has 1 spiro atoms. The first-order chi connectivity index (χ1) is 19.0. The van der Waals surface area contributed by atoms with Gasteiger partial charge in [-0.05, 0) is 36.8 Å². The monoisotopic (exact) mass is 547 g/mol. The van der Waals surface area contributed by atoms with E-state index in [9.17, 15) is 19.5 Å². The molecule has 2 aromatic rings. The number of rotatable bonds is 8. The summed E-state index contributed by atoms with van der Waals surface area (Å²) >= 11 is 1.67. The van der Waals surface area contributed by atoms with Crippen molar-refractivity contribution in [2.24, 2.45) is 11.8 Å². The molecule has 1 saturated carbocycles. The maximum absolute atomic E-state index is 14.4. The van der Waals surface area contributed by atoms with Gasteiger partial charge in [-0.25, -0.2) is 0 Å². The Hall–Kier alpha value is -2.84. The molecule has 3 N–H and O–H groups in total. The van der Waals surface area contributed by atoms with E-state index in [2.05, 4.69) is 10.6 Å². The highest BCUT2D eigenvalue weighted by molar-refractivity contribution is 8.02. The van der Waals surface area contributed by atoms with E-state index in [0.29, 0.717) is 13.0 Å². The van der Waals surface area contributed by atoms with Crippen LogP contribution in [-0.4, -0.2) is 56.4 Å². The number of fused-ring (bicyclic) bond motifs is 1. The van der Waals surface area contributed by atoms with Crippen molar-refractivity contribution in [3.05, 3.63) is 71.8 Å². The summed E-state index contributed by atoms with van der Waals surface area (Å²) in [6.07, 6.45) is 6.79. The molecule has 6 atom stereocenters. The number of hydrogen-bond donors (Lipinski definition) is 3. The topological polar surface area (TPSA) is 98.7 Å². The standard InChI is InChI=1S/C31H37N3O4S/c35-19-23(21-12-6-2-7-13-21)34-27(29(37)33-22-14-8-3-9-15-22)31-17-16-24(39-31)25(26(31)30(34)38)28(36)32-18-20-10-4-1-5-11-20/h1-2,4-7,10-13,22-27,35H,3,8-9,14-19H2,(H,32,36)(H,33,37)/t23-,24+,25-,26+,27?,31?/m1/s1. The molecular weight excluding hydrogens is 510 g/mol. The molecular formula is C31H37N3O4S. The Morgan fingerprint density at radius 3 is 2.36 bits per heavy atom. The first-order valence-corrected chi connectivity index (χ1v) is 15.2. The zero-order valence-electron chi connectivity index (χ0n) is 22.1. The Balaban J connectivity index is 1.33. The van der Waals surface area contributed by atoms with Gasteiger partial charge in [0.25, 0.3) is 0 Å². The Morgan fingerprint density at radius 1 is 0.974 bits per heavy atom. The van der Waals surface area contributed by atoms with Crippen molar-refractivity contribution < 1.29 is 19.5 Å². The third-order valence-corrected chi connectivity index (χ3v) is 11.2. The van der Waals surface area contributed by atoms with E-state index in [0.717, 1.165) is 43.2 Å². The molecule has 2 aromatic carbocycles. The van der Waals surface area contributed by atoms with Gasteiger partial charge in [0.2, 0.25) is 17.7 Å². The van der Waals surface area contributed by atoms with Crippen LogP contribution in [0, 0.1) is 11.8 Å². The van der Waals surface area contributed by atoms with Crippen molar-refractivity contribution in [3.8, 4) is 0 Å². The zero-order valence-corrected chi connectivity index (χ0v) is 22.9. The van der Waals surface area contributed by atoms with Gasteiger partial charge >= 0.3 is 0 Å². The highest BCUT2D eigenvalue weighted by Crippen LogP contribution is 2.67. The Kier molecular flexibility index (Phi) is 7.42. The van der Waals surface area contributed by atoms with Crippen molar-refractivity contribution in [3.63, 3.8) is 0 Å². The van der Waals surface area contributed by atoms with Gasteiger partial charge in [0.05, 0.1) is 29.2 Å². The van der Waals surface area contributed by atoms with Crippen LogP contribution in [0.4, 0.5) is 0 Å². The molecule has 4 aliphatic rings. The molecule has 2 unspecified atom stereocenters. The Bertz CT molecular complexity index is 1200. The number of hydrogen-bond acceptors (Lipinski definition) is 5. The van der Waals surface area contributed by atoms with Crippen LogP contribution in [0.1, 0.15) is 62.1 Å². The largest absolute Gasteiger partial charge is 0.394 e. The normalized spacial score (nSPS) is 30.7. The molecule has 0 aromatic heterocycles. The molecule has 8 heteroatoms. The fourth-order valence-corrected chi connectivity index (χ4v) is 9.69. The van der Waals surface area contributed by atoms with E-state index < -0.39 is 28.7 Å². The number of carbonyl (C=O) groups is 3. The molecule has 3 amide bonds. The second-order valence-corrected chi connectivity index (χ2v) is 13.1. The van der Waals surface area contributed by atoms with Crippen LogP contribution >= 0.6 is 11.8 Å². The Morgan fingerprint density at radius 2 is 1.67 bits per heavy atom. The van der Waals surface area contributed by atoms with E-state index in [4.69, 9.17) is 0 Å². The third kappa shape index (κ3) is 4.65. The summed E-state index contributed by atoms with van der Waals surface area (Å²) in [6, 6.07) is 18.0. The summed E-state index contributed by atoms with van der Waals surface area (Å²) in [6.45, 7) is 0.116. The van der Waals surface area contributed by atoms with Crippen molar-refractivity contribution in [1.29, 1.82) is 0 Å². The lowest BCUT2D eigenvalue weighted by atomic mass is 9.70. The van der Waals surface area contributed by atoms with E-state index in [1.54, 1.807) is 16.7 Å². The number of likely N-dealkylation sites (tertiary alicyclic amines) is 1. The first kappa shape index (κ1) is 26.4. The van der Waals surface area contributed by atoms with Gasteiger partial charge in [-0.15, -0.1) is 11.8 Å². The number of benzene rings is 2. The lowest BCUT2D eigenvalue weighted by Crippen LogP contribution is -2.56. The molecule has 2 bridgehead atoms. The summed E-state index contributed by atoms with van der Waals surface area (Å²) in [4.78, 5) is 43.8. The van der Waals surface area contributed by atoms with Gasteiger partial charge in [0.15, 0.2) is 0 Å². The maximum atomic E-state index is 14.4. The number of carbonyl (C=O) groups excluding carboxylic acids is 3. The van der Waals surface area contributed by atoms with Crippen LogP contribution in [0.25, 0.3) is 0 Å². The summed E-state index contributed by atoms with van der Waals surface area (Å²) < 4.78 is -0.669. The lowest BCUT2D eigenvalue weighted by Gasteiger charge is -2.38. The predicted octanol–water partition coefficient (Wildman–Crippen LogP) is 3.58. The highest BCUT2D eigenvalue weighted by Gasteiger charge is 2.74. The van der Waals surface area contributed by atoms with Crippen molar-refractivity contribution >= 4 is 29.5 Å². The molecule has 39 heavy (non-hydrogen) atoms. The third-order valence-electron chi connectivity index (χ3n) is 9.24. The average Bonchev–Trinajstić information content (AvgIpc) is 3.61. The summed E-state index contributed by atoms with van der Waals surface area (Å²) in [7, 11) is 0. The summed E-state index contributed by atoms with van der Waals surface area (Å²) in [5, 5.41) is 17.0. The summed E-state index contributed by atoms with van der Waals surface area (Å²) in [5.74, 6) is -1.52. The molecule has 7 nitrogen and oxygen atoms in total. The van der Waals surface area contributed by atoms with Crippen molar-refractivity contribution in [1.82, 2.24) is 15.5 Å². The molecule has 1 aliphatic carbocycles. The maximum Gasteiger partial charge on any atom is 0.244 e. The van der Waals surface area contributed by atoms with Crippen LogP contribution in [0.15, 0.2) is 60.7 Å². The summed E-state index contributed by atoms with van der Waals surface area (Å²) in [5.41, 5.74) is 1.80. The van der Waals surface area contributed by atoms with E-state index >= 15 is 0 Å². The van der Waals surface area contributed by atoms with Crippen LogP contribution in [0.3, 0.4) is 0 Å². The predicted molar refractivity (Wildman–Crippen MR) is 151 cm³/mol. The van der Waals surface area contributed by atoms with Crippen LogP contribution in [-0.2, 0) is 20.9 Å². The van der Waals surface area contributed by atoms with Crippen LogP contribution < -0.4 is 10.6 Å². The SMILES string of the molecule is O=C(NC1CCCCC1)C1N([C@H](CO)c2ccccc2)C(=O)[C@@H]2[C@H](C(=O)NCc3ccccc3)[C@@H]3CCC12S3. The second kappa shape index (κ2) is 11.0. The van der Waals surface area contributed by atoms with Gasteiger partial charge in [-0.2, -0.15) is 0 Å². The van der Waals surface area contributed by atoms with E-state index in [1.807, 2.05) is 60.7 Å². The Labute approximate surface area is 234 Å². The fourth-order valence-electron chi connectivity index (χ4n) is 7.49. The number of amides is 3. The number of nitrogens with zero attached hydrogens (tertiary/aromatic N) is 1. The highest BCUT2D eigenvalue weighted by atomic mass is 32.2.